The van der Waals surface area contributed by atoms with Gasteiger partial charge < -0.3 is 14.1 Å². The number of carbonyl (C=O) groups is 1. The summed E-state index contributed by atoms with van der Waals surface area (Å²) in [6.45, 7) is 4.80. The second-order valence-electron chi connectivity index (χ2n) is 7.54. The minimum atomic E-state index is -0.604. The van der Waals surface area contributed by atoms with Crippen LogP contribution in [0, 0.1) is 5.82 Å². The fourth-order valence-electron chi connectivity index (χ4n) is 3.80. The Morgan fingerprint density at radius 2 is 2.00 bits per heavy atom. The predicted octanol–water partition coefficient (Wildman–Crippen LogP) is 5.05. The summed E-state index contributed by atoms with van der Waals surface area (Å²) in [5, 5.41) is 0.131. The second-order valence-corrected chi connectivity index (χ2v) is 8.46. The van der Waals surface area contributed by atoms with Crippen LogP contribution in [0.4, 0.5) is 4.39 Å². The number of hydrogen-bond acceptors (Lipinski definition) is 4. The van der Waals surface area contributed by atoms with E-state index in [4.69, 9.17) is 9.15 Å². The number of amides is 1. The first-order valence-electron chi connectivity index (χ1n) is 9.81. The number of ether oxygens (including phenoxy) is 1. The van der Waals surface area contributed by atoms with Crippen LogP contribution in [0.15, 0.2) is 56.1 Å². The summed E-state index contributed by atoms with van der Waals surface area (Å²) >= 11 is 3.46. The molecule has 7 heteroatoms. The highest BCUT2D eigenvalue weighted by atomic mass is 79.9. The van der Waals surface area contributed by atoms with E-state index in [0.29, 0.717) is 19.6 Å². The SMILES string of the molecule is CC(C)OCCCN1C(=O)c2oc3ccc(F)cc3c(=O)c2[C@H]1c1cccc(Br)c1. The van der Waals surface area contributed by atoms with Gasteiger partial charge in [-0.2, -0.15) is 0 Å². The van der Waals surface area contributed by atoms with E-state index in [1.807, 2.05) is 38.1 Å². The first kappa shape index (κ1) is 20.8. The summed E-state index contributed by atoms with van der Waals surface area (Å²) in [7, 11) is 0. The van der Waals surface area contributed by atoms with Crippen molar-refractivity contribution in [2.24, 2.45) is 0 Å². The number of fused-ring (bicyclic) bond motifs is 2. The Kier molecular flexibility index (Phi) is 5.75. The molecule has 1 atom stereocenters. The molecule has 0 spiro atoms. The molecule has 156 valence electrons. The molecule has 2 heterocycles. The molecule has 1 aliphatic heterocycles. The smallest absolute Gasteiger partial charge is 0.290 e. The maximum atomic E-state index is 13.8. The van der Waals surface area contributed by atoms with Gasteiger partial charge in [-0.25, -0.2) is 4.39 Å². The molecular formula is C23H21BrFNO4. The highest BCUT2D eigenvalue weighted by Crippen LogP contribution is 2.38. The number of nitrogens with zero attached hydrogens (tertiary/aromatic N) is 1. The molecular weight excluding hydrogens is 453 g/mol. The van der Waals surface area contributed by atoms with Crippen molar-refractivity contribution in [3.63, 3.8) is 0 Å². The summed E-state index contributed by atoms with van der Waals surface area (Å²) in [5.41, 5.74) is 0.849. The molecule has 3 aromatic rings. The first-order chi connectivity index (χ1) is 14.4. The lowest BCUT2D eigenvalue weighted by molar-refractivity contribution is 0.0593. The van der Waals surface area contributed by atoms with Gasteiger partial charge in [0.2, 0.25) is 5.76 Å². The zero-order chi connectivity index (χ0) is 21.4. The van der Waals surface area contributed by atoms with Gasteiger partial charge in [0.05, 0.1) is 23.1 Å². The number of hydrogen-bond donors (Lipinski definition) is 0. The van der Waals surface area contributed by atoms with E-state index in [-0.39, 0.29) is 39.7 Å². The van der Waals surface area contributed by atoms with Crippen LogP contribution in [0.2, 0.25) is 0 Å². The standard InChI is InChI=1S/C23H21BrFNO4/c1-13(2)29-10-4-9-26-20(14-5-3-6-15(24)11-14)19-21(27)17-12-16(25)7-8-18(17)30-22(19)23(26)28/h3,5-8,11-13,20H,4,9-10H2,1-2H3/t20-/m1/s1. The van der Waals surface area contributed by atoms with Crippen LogP contribution >= 0.6 is 15.9 Å². The van der Waals surface area contributed by atoms with Gasteiger partial charge in [0.25, 0.3) is 5.91 Å². The number of halogens is 2. The van der Waals surface area contributed by atoms with E-state index in [1.165, 1.54) is 12.1 Å². The Morgan fingerprint density at radius 3 is 2.73 bits per heavy atom. The van der Waals surface area contributed by atoms with Gasteiger partial charge in [-0.3, -0.25) is 9.59 Å². The van der Waals surface area contributed by atoms with E-state index in [2.05, 4.69) is 15.9 Å². The molecule has 1 aliphatic rings. The molecule has 0 saturated carbocycles. The average Bonchev–Trinajstić information content (AvgIpc) is 2.98. The summed E-state index contributed by atoms with van der Waals surface area (Å²) in [6, 6.07) is 10.6. The Hall–Kier alpha value is -2.51. The number of carbonyl (C=O) groups excluding carboxylic acids is 1. The zero-order valence-corrected chi connectivity index (χ0v) is 18.2. The Labute approximate surface area is 181 Å². The first-order valence-corrected chi connectivity index (χ1v) is 10.6. The van der Waals surface area contributed by atoms with E-state index < -0.39 is 11.9 Å². The van der Waals surface area contributed by atoms with Gasteiger partial charge in [-0.05, 0) is 56.2 Å². The molecule has 30 heavy (non-hydrogen) atoms. The predicted molar refractivity (Wildman–Crippen MR) is 115 cm³/mol. The maximum absolute atomic E-state index is 13.8. The minimum absolute atomic E-state index is 0.0221. The van der Waals surface area contributed by atoms with E-state index in [9.17, 15) is 14.0 Å². The van der Waals surface area contributed by atoms with Gasteiger partial charge in [-0.1, -0.05) is 28.1 Å². The molecule has 2 aromatic carbocycles. The van der Waals surface area contributed by atoms with Crippen molar-refractivity contribution in [2.45, 2.75) is 32.4 Å². The van der Waals surface area contributed by atoms with Crippen LogP contribution in [-0.4, -0.2) is 30.1 Å². The van der Waals surface area contributed by atoms with Crippen LogP contribution in [0.5, 0.6) is 0 Å². The molecule has 5 nitrogen and oxygen atoms in total. The Balaban J connectivity index is 1.83. The van der Waals surface area contributed by atoms with Crippen molar-refractivity contribution in [3.8, 4) is 0 Å². The highest BCUT2D eigenvalue weighted by Gasteiger charge is 2.42. The zero-order valence-electron chi connectivity index (χ0n) is 16.7. The minimum Gasteiger partial charge on any atom is -0.450 e. The third-order valence-corrected chi connectivity index (χ3v) is 5.58. The van der Waals surface area contributed by atoms with Crippen molar-refractivity contribution >= 4 is 32.8 Å². The van der Waals surface area contributed by atoms with Crippen molar-refractivity contribution in [1.29, 1.82) is 0 Å². The van der Waals surface area contributed by atoms with Crippen molar-refractivity contribution in [2.75, 3.05) is 13.2 Å². The molecule has 0 N–H and O–H groups in total. The molecule has 0 fully saturated rings. The third kappa shape index (κ3) is 3.79. The lowest BCUT2D eigenvalue weighted by Gasteiger charge is -2.25. The molecule has 4 rings (SSSR count). The van der Waals surface area contributed by atoms with E-state index in [0.717, 1.165) is 16.1 Å². The van der Waals surface area contributed by atoms with Crippen molar-refractivity contribution in [3.05, 3.63) is 79.9 Å². The maximum Gasteiger partial charge on any atom is 0.290 e. The molecule has 0 aliphatic carbocycles. The van der Waals surface area contributed by atoms with E-state index >= 15 is 0 Å². The molecule has 0 saturated heterocycles. The van der Waals surface area contributed by atoms with Crippen molar-refractivity contribution < 1.29 is 18.3 Å². The van der Waals surface area contributed by atoms with E-state index in [1.54, 1.807) is 4.90 Å². The van der Waals surface area contributed by atoms with Gasteiger partial charge >= 0.3 is 0 Å². The van der Waals surface area contributed by atoms with Gasteiger partial charge in [0, 0.05) is 17.6 Å². The van der Waals surface area contributed by atoms with Gasteiger partial charge in [0.15, 0.2) is 5.43 Å². The van der Waals surface area contributed by atoms with Gasteiger partial charge in [0.1, 0.15) is 11.4 Å². The van der Waals surface area contributed by atoms with Crippen LogP contribution in [-0.2, 0) is 4.74 Å². The summed E-state index contributed by atoms with van der Waals surface area (Å²) < 4.78 is 26.0. The van der Waals surface area contributed by atoms with Gasteiger partial charge in [-0.15, -0.1) is 0 Å². The van der Waals surface area contributed by atoms with Crippen molar-refractivity contribution in [1.82, 2.24) is 4.90 Å². The quantitative estimate of drug-likeness (QED) is 0.469. The lowest BCUT2D eigenvalue weighted by Crippen LogP contribution is -2.31. The topological polar surface area (TPSA) is 59.8 Å². The Morgan fingerprint density at radius 1 is 1.20 bits per heavy atom. The van der Waals surface area contributed by atoms with Crippen LogP contribution in [0.3, 0.4) is 0 Å². The molecule has 1 aromatic heterocycles. The normalized spacial score (nSPS) is 16.0. The summed E-state index contributed by atoms with van der Waals surface area (Å²) in [6.07, 6.45) is 0.714. The summed E-state index contributed by atoms with van der Waals surface area (Å²) in [5.74, 6) is -0.850. The monoisotopic (exact) mass is 473 g/mol. The third-order valence-electron chi connectivity index (χ3n) is 5.09. The summed E-state index contributed by atoms with van der Waals surface area (Å²) in [4.78, 5) is 28.2. The van der Waals surface area contributed by atoms with Crippen LogP contribution in [0.25, 0.3) is 11.0 Å². The highest BCUT2D eigenvalue weighted by molar-refractivity contribution is 9.10. The number of benzene rings is 2. The fourth-order valence-corrected chi connectivity index (χ4v) is 4.22. The lowest BCUT2D eigenvalue weighted by atomic mass is 9.98. The molecule has 0 unspecified atom stereocenters. The number of rotatable bonds is 6. The van der Waals surface area contributed by atoms with Crippen LogP contribution < -0.4 is 5.43 Å². The Bertz CT molecular complexity index is 1170. The molecule has 0 bridgehead atoms. The second kappa shape index (κ2) is 8.32. The largest absolute Gasteiger partial charge is 0.450 e. The molecule has 1 amide bonds. The van der Waals surface area contributed by atoms with Crippen LogP contribution in [0.1, 0.15) is 48.0 Å². The fraction of sp³-hybridized carbons (Fsp3) is 0.304. The average molecular weight is 474 g/mol. The molecule has 0 radical (unpaired) electrons.